The summed E-state index contributed by atoms with van der Waals surface area (Å²) in [5.41, 5.74) is -0.263. The predicted octanol–water partition coefficient (Wildman–Crippen LogP) is 5.28. The molecule has 143 valence electrons. The molecule has 29 heavy (non-hydrogen) atoms. The van der Waals surface area contributed by atoms with Crippen LogP contribution in [0.1, 0.15) is 0 Å². The lowest BCUT2D eigenvalue weighted by Gasteiger charge is -2.12. The Balaban J connectivity index is 1.99. The second kappa shape index (κ2) is 7.56. The van der Waals surface area contributed by atoms with Crippen molar-refractivity contribution in [1.29, 1.82) is 0 Å². The topological polar surface area (TPSA) is 51.6 Å². The first-order chi connectivity index (χ1) is 13.9. The molecule has 9 heteroatoms. The van der Waals surface area contributed by atoms with E-state index >= 15 is 0 Å². The molecule has 0 N–H and O–H groups in total. The Kier molecular flexibility index (Phi) is 4.94. The zero-order valence-electron chi connectivity index (χ0n) is 14.3. The van der Waals surface area contributed by atoms with Gasteiger partial charge in [0.25, 0.3) is 0 Å². The van der Waals surface area contributed by atoms with Crippen LogP contribution < -0.4 is 0 Å². The largest absolute Gasteiger partial charge is 0.262 e. The maximum atomic E-state index is 14.8. The van der Waals surface area contributed by atoms with Crippen molar-refractivity contribution in [2.45, 2.75) is 0 Å². The van der Waals surface area contributed by atoms with Crippen molar-refractivity contribution in [1.82, 2.24) is 19.9 Å². The van der Waals surface area contributed by atoms with E-state index in [1.165, 1.54) is 18.3 Å². The van der Waals surface area contributed by atoms with Crippen LogP contribution in [-0.4, -0.2) is 19.9 Å². The quantitative estimate of drug-likeness (QED) is 0.427. The highest BCUT2D eigenvalue weighted by molar-refractivity contribution is 6.30. The summed E-state index contributed by atoms with van der Waals surface area (Å²) in [7, 11) is 0. The Morgan fingerprint density at radius 3 is 2.31 bits per heavy atom. The highest BCUT2D eigenvalue weighted by atomic mass is 35.5. The lowest BCUT2D eigenvalue weighted by Crippen LogP contribution is -2.01. The predicted molar refractivity (Wildman–Crippen MR) is 97.6 cm³/mol. The second-order valence-corrected chi connectivity index (χ2v) is 6.23. The second-order valence-electron chi connectivity index (χ2n) is 5.82. The van der Waals surface area contributed by atoms with Crippen LogP contribution in [-0.2, 0) is 0 Å². The fourth-order valence-electron chi connectivity index (χ4n) is 2.63. The van der Waals surface area contributed by atoms with Crippen LogP contribution in [0.25, 0.3) is 33.9 Å². The fraction of sp³-hybridized carbons (Fsp3) is 0. The van der Waals surface area contributed by atoms with Crippen LogP contribution in [0, 0.1) is 29.3 Å². The number of hydrogen-bond donors (Lipinski definition) is 0. The van der Waals surface area contributed by atoms with Gasteiger partial charge < -0.3 is 0 Å². The van der Waals surface area contributed by atoms with E-state index in [9.17, 15) is 17.6 Å². The monoisotopic (exact) mass is 415 g/mol. The van der Waals surface area contributed by atoms with E-state index < -0.39 is 23.3 Å². The maximum Gasteiger partial charge on any atom is 0.160 e. The molecule has 0 saturated carbocycles. The van der Waals surface area contributed by atoms with Gasteiger partial charge in [0, 0.05) is 23.4 Å². The van der Waals surface area contributed by atoms with E-state index in [1.807, 2.05) is 0 Å². The molecule has 0 unspecified atom stereocenters. The summed E-state index contributed by atoms with van der Waals surface area (Å²) in [6.45, 7) is 0. The average molecular weight is 416 g/mol. The van der Waals surface area contributed by atoms with Crippen LogP contribution in [0.5, 0.6) is 0 Å². The van der Waals surface area contributed by atoms with Gasteiger partial charge in [-0.1, -0.05) is 11.6 Å². The molecule has 0 aromatic carbocycles. The molecule has 4 rings (SSSR count). The number of halogens is 5. The Labute approximate surface area is 166 Å². The number of aromatic nitrogens is 4. The van der Waals surface area contributed by atoms with Gasteiger partial charge in [-0.15, -0.1) is 0 Å². The van der Waals surface area contributed by atoms with Gasteiger partial charge in [0.05, 0.1) is 40.7 Å². The zero-order chi connectivity index (χ0) is 20.5. The first-order valence-corrected chi connectivity index (χ1v) is 8.48. The van der Waals surface area contributed by atoms with Crippen molar-refractivity contribution in [3.05, 3.63) is 83.4 Å². The molecule has 0 aliphatic carbocycles. The number of nitrogens with zero attached hydrogens (tertiary/aromatic N) is 4. The van der Waals surface area contributed by atoms with Crippen LogP contribution in [0.2, 0.25) is 5.02 Å². The molecule has 1 radical (unpaired) electrons. The van der Waals surface area contributed by atoms with E-state index in [2.05, 4.69) is 26.0 Å². The fourth-order valence-corrected chi connectivity index (χ4v) is 2.78. The smallest absolute Gasteiger partial charge is 0.160 e. The average Bonchev–Trinajstić information content (AvgIpc) is 2.71. The Bertz CT molecular complexity index is 1220. The minimum absolute atomic E-state index is 0.0220. The van der Waals surface area contributed by atoms with E-state index in [-0.39, 0.29) is 38.9 Å². The van der Waals surface area contributed by atoms with Gasteiger partial charge in [-0.2, -0.15) is 0 Å². The molecule has 4 aromatic rings. The lowest BCUT2D eigenvalue weighted by atomic mass is 10.0. The highest BCUT2D eigenvalue weighted by Gasteiger charge is 2.21. The van der Waals surface area contributed by atoms with E-state index in [4.69, 9.17) is 11.6 Å². The van der Waals surface area contributed by atoms with Gasteiger partial charge in [-0.3, -0.25) is 15.0 Å². The molecule has 0 aliphatic heterocycles. The van der Waals surface area contributed by atoms with E-state index in [1.54, 1.807) is 0 Å². The summed E-state index contributed by atoms with van der Waals surface area (Å²) in [4.78, 5) is 15.6. The number of hydrogen-bond acceptors (Lipinski definition) is 4. The van der Waals surface area contributed by atoms with Gasteiger partial charge in [0.1, 0.15) is 17.3 Å². The highest BCUT2D eigenvalue weighted by Crippen LogP contribution is 2.34. The van der Waals surface area contributed by atoms with E-state index in [0.717, 1.165) is 30.7 Å². The van der Waals surface area contributed by atoms with E-state index in [0.29, 0.717) is 0 Å². The third-order valence-electron chi connectivity index (χ3n) is 3.97. The van der Waals surface area contributed by atoms with Crippen LogP contribution in [0.4, 0.5) is 17.6 Å². The molecule has 4 aromatic heterocycles. The maximum absolute atomic E-state index is 14.8. The molecule has 4 nitrogen and oxygen atoms in total. The van der Waals surface area contributed by atoms with Crippen molar-refractivity contribution in [2.24, 2.45) is 0 Å². The minimum Gasteiger partial charge on any atom is -0.262 e. The molecule has 0 fully saturated rings. The summed E-state index contributed by atoms with van der Waals surface area (Å²) < 4.78 is 55.9. The molecule has 0 spiro atoms. The standard InChI is InChI=1S/C20H8ClF4N4/c21-13-6-18(28-9-16(13)25)20-14(23)5-12(11-3-4-26-8-15(11)24)19(29-20)17-2-1-10(22)7-27-17/h1-4,6-9H. The SMILES string of the molecule is Fc1ccc(-c2nc(-c3cc(Cl)c(F)cn3)c(F)[c]c2-c2ccncc2F)nc1. The van der Waals surface area contributed by atoms with Crippen molar-refractivity contribution in [2.75, 3.05) is 0 Å². The number of rotatable bonds is 3. The van der Waals surface area contributed by atoms with Crippen molar-refractivity contribution >= 4 is 11.6 Å². The van der Waals surface area contributed by atoms with Crippen molar-refractivity contribution < 1.29 is 17.6 Å². The van der Waals surface area contributed by atoms with Crippen LogP contribution >= 0.6 is 11.6 Å². The first kappa shape index (κ1) is 18.9. The Hall–Kier alpha value is -3.39. The van der Waals surface area contributed by atoms with Gasteiger partial charge in [0.15, 0.2) is 11.6 Å². The lowest BCUT2D eigenvalue weighted by molar-refractivity contribution is 0.614. The third kappa shape index (κ3) is 3.66. The molecular weight excluding hydrogens is 408 g/mol. The minimum atomic E-state index is -0.961. The number of pyridine rings is 4. The van der Waals surface area contributed by atoms with Crippen LogP contribution in [0.3, 0.4) is 0 Å². The van der Waals surface area contributed by atoms with Crippen molar-refractivity contribution in [3.63, 3.8) is 0 Å². The first-order valence-electron chi connectivity index (χ1n) is 8.10. The molecule has 4 heterocycles. The Morgan fingerprint density at radius 2 is 1.62 bits per heavy atom. The molecule has 0 amide bonds. The third-order valence-corrected chi connectivity index (χ3v) is 4.26. The summed E-state index contributed by atoms with van der Waals surface area (Å²) in [5, 5.41) is -0.276. The van der Waals surface area contributed by atoms with Gasteiger partial charge in [-0.25, -0.2) is 22.5 Å². The summed E-state index contributed by atoms with van der Waals surface area (Å²) in [6.07, 6.45) is 4.05. The van der Waals surface area contributed by atoms with Gasteiger partial charge >= 0.3 is 0 Å². The summed E-state index contributed by atoms with van der Waals surface area (Å²) in [6, 6.07) is 7.30. The summed E-state index contributed by atoms with van der Waals surface area (Å²) in [5.74, 6) is -3.07. The summed E-state index contributed by atoms with van der Waals surface area (Å²) >= 11 is 5.75. The van der Waals surface area contributed by atoms with Crippen LogP contribution in [0.15, 0.2) is 49.1 Å². The van der Waals surface area contributed by atoms with Crippen molar-refractivity contribution in [3.8, 4) is 33.9 Å². The van der Waals surface area contributed by atoms with Gasteiger partial charge in [0.2, 0.25) is 0 Å². The molecule has 0 saturated heterocycles. The van der Waals surface area contributed by atoms with Gasteiger partial charge in [-0.05, 0) is 24.3 Å². The molecule has 0 aliphatic rings. The zero-order valence-corrected chi connectivity index (χ0v) is 15.1. The normalized spacial score (nSPS) is 10.9. The molecular formula is C20H8ClF4N4. The molecule has 0 atom stereocenters. The Morgan fingerprint density at radius 1 is 0.828 bits per heavy atom. The molecule has 0 bridgehead atoms.